The largest absolute Gasteiger partial charge is 0.497 e. The first kappa shape index (κ1) is 25.4. The summed E-state index contributed by atoms with van der Waals surface area (Å²) in [5.41, 5.74) is 1.15. The van der Waals surface area contributed by atoms with Crippen molar-refractivity contribution in [2.24, 2.45) is 0 Å². The first-order valence-electron chi connectivity index (χ1n) is 10.5. The molecule has 0 spiro atoms. The van der Waals surface area contributed by atoms with Gasteiger partial charge in [0.25, 0.3) is 11.8 Å². The number of thiophene rings is 1. The van der Waals surface area contributed by atoms with Crippen molar-refractivity contribution in [2.45, 2.75) is 13.8 Å². The van der Waals surface area contributed by atoms with E-state index in [-0.39, 0.29) is 33.3 Å². The molecule has 0 unspecified atom stereocenters. The Morgan fingerprint density at radius 3 is 2.34 bits per heavy atom. The van der Waals surface area contributed by atoms with Gasteiger partial charge in [-0.05, 0) is 49.7 Å². The van der Waals surface area contributed by atoms with Crippen molar-refractivity contribution in [3.63, 3.8) is 0 Å². The molecule has 35 heavy (non-hydrogen) atoms. The van der Waals surface area contributed by atoms with E-state index in [0.29, 0.717) is 16.9 Å². The number of para-hydroxylation sites is 1. The third kappa shape index (κ3) is 5.67. The number of nitrogens with one attached hydrogen (secondary N) is 2. The minimum absolute atomic E-state index is 0.0829. The van der Waals surface area contributed by atoms with E-state index in [1.54, 1.807) is 56.3 Å². The number of carbonyl (C=O) groups is 4. The molecule has 10 heteroatoms. The van der Waals surface area contributed by atoms with Gasteiger partial charge >= 0.3 is 11.9 Å². The van der Waals surface area contributed by atoms with Gasteiger partial charge in [-0.2, -0.15) is 0 Å². The first-order valence-corrected chi connectivity index (χ1v) is 11.4. The zero-order chi connectivity index (χ0) is 25.5. The van der Waals surface area contributed by atoms with Gasteiger partial charge in [-0.1, -0.05) is 18.2 Å². The van der Waals surface area contributed by atoms with Crippen LogP contribution in [-0.2, 0) is 9.47 Å². The zero-order valence-corrected chi connectivity index (χ0v) is 20.4. The van der Waals surface area contributed by atoms with Gasteiger partial charge in [-0.3, -0.25) is 9.59 Å². The molecule has 2 amide bonds. The summed E-state index contributed by atoms with van der Waals surface area (Å²) in [5, 5.41) is 5.56. The number of hydrogen-bond donors (Lipinski definition) is 2. The average Bonchev–Trinajstić information content (AvgIpc) is 3.19. The van der Waals surface area contributed by atoms with Crippen molar-refractivity contribution in [1.29, 1.82) is 0 Å². The van der Waals surface area contributed by atoms with Gasteiger partial charge < -0.3 is 24.8 Å². The van der Waals surface area contributed by atoms with Crippen LogP contribution >= 0.6 is 11.3 Å². The summed E-state index contributed by atoms with van der Waals surface area (Å²) in [6.45, 7) is 3.36. The van der Waals surface area contributed by atoms with Gasteiger partial charge in [0, 0.05) is 5.56 Å². The Labute approximate surface area is 206 Å². The van der Waals surface area contributed by atoms with Crippen molar-refractivity contribution in [3.05, 3.63) is 75.7 Å². The van der Waals surface area contributed by atoms with Crippen LogP contribution in [-0.4, -0.2) is 44.6 Å². The van der Waals surface area contributed by atoms with E-state index < -0.39 is 23.8 Å². The number of carbonyl (C=O) groups excluding carboxylic acids is 4. The highest BCUT2D eigenvalue weighted by Crippen LogP contribution is 2.35. The SMILES string of the molecule is CCOC(=O)c1c(NC(=O)c2cccc(OC)c2)sc(C(=O)Nc2ccccc2C(=O)OC)c1C. The second kappa shape index (κ2) is 11.3. The minimum atomic E-state index is -0.670. The number of hydrogen-bond acceptors (Lipinski definition) is 8. The highest BCUT2D eigenvalue weighted by molar-refractivity contribution is 7.19. The van der Waals surface area contributed by atoms with Gasteiger partial charge in [0.15, 0.2) is 0 Å². The number of amides is 2. The van der Waals surface area contributed by atoms with Crippen LogP contribution in [0.5, 0.6) is 5.75 Å². The third-order valence-electron chi connectivity index (χ3n) is 4.97. The standard InChI is InChI=1S/C25H24N2O7S/c1-5-34-25(31)19-14(2)20(22(29)26-18-12-7-6-11-17(18)24(30)33-4)35-23(19)27-21(28)15-9-8-10-16(13-15)32-3/h6-13H,5H2,1-4H3,(H,26,29)(H,27,28). The molecule has 0 atom stereocenters. The second-order valence-electron chi connectivity index (χ2n) is 7.16. The summed E-state index contributed by atoms with van der Waals surface area (Å²) >= 11 is 0.928. The predicted octanol–water partition coefficient (Wildman–Crippen LogP) is 4.53. The summed E-state index contributed by atoms with van der Waals surface area (Å²) in [4.78, 5) is 51.0. The van der Waals surface area contributed by atoms with Gasteiger partial charge in [-0.25, -0.2) is 9.59 Å². The number of rotatable bonds is 8. The van der Waals surface area contributed by atoms with E-state index in [0.717, 1.165) is 11.3 Å². The van der Waals surface area contributed by atoms with Gasteiger partial charge in [0.05, 0.1) is 42.5 Å². The lowest BCUT2D eigenvalue weighted by molar-refractivity contribution is 0.0526. The van der Waals surface area contributed by atoms with Crippen LogP contribution in [0.15, 0.2) is 48.5 Å². The summed E-state index contributed by atoms with van der Waals surface area (Å²) < 4.78 is 15.1. The van der Waals surface area contributed by atoms with Crippen molar-refractivity contribution < 1.29 is 33.4 Å². The normalized spacial score (nSPS) is 10.3. The molecule has 2 aromatic carbocycles. The number of anilines is 2. The molecular weight excluding hydrogens is 472 g/mol. The fraction of sp³-hybridized carbons (Fsp3) is 0.200. The Kier molecular flexibility index (Phi) is 8.21. The second-order valence-corrected chi connectivity index (χ2v) is 8.18. The molecule has 0 saturated carbocycles. The van der Waals surface area contributed by atoms with E-state index in [1.807, 2.05) is 0 Å². The van der Waals surface area contributed by atoms with Crippen LogP contribution in [0.1, 0.15) is 53.2 Å². The van der Waals surface area contributed by atoms with Crippen LogP contribution in [0.25, 0.3) is 0 Å². The lowest BCUT2D eigenvalue weighted by Crippen LogP contribution is -2.16. The van der Waals surface area contributed by atoms with Crippen molar-refractivity contribution in [3.8, 4) is 5.75 Å². The summed E-state index contributed by atoms with van der Waals surface area (Å²) in [6.07, 6.45) is 0. The van der Waals surface area contributed by atoms with Crippen LogP contribution in [0, 0.1) is 6.92 Å². The zero-order valence-electron chi connectivity index (χ0n) is 19.6. The summed E-state index contributed by atoms with van der Waals surface area (Å²) in [7, 11) is 2.73. The van der Waals surface area contributed by atoms with Crippen LogP contribution in [0.4, 0.5) is 10.7 Å². The van der Waals surface area contributed by atoms with Crippen molar-refractivity contribution in [1.82, 2.24) is 0 Å². The smallest absolute Gasteiger partial charge is 0.341 e. The highest BCUT2D eigenvalue weighted by atomic mass is 32.1. The summed E-state index contributed by atoms with van der Waals surface area (Å²) in [6, 6.07) is 12.9. The van der Waals surface area contributed by atoms with Crippen LogP contribution in [0.3, 0.4) is 0 Å². The molecule has 0 aliphatic rings. The minimum Gasteiger partial charge on any atom is -0.497 e. The fourth-order valence-corrected chi connectivity index (χ4v) is 4.35. The quantitative estimate of drug-likeness (QED) is 0.440. The van der Waals surface area contributed by atoms with E-state index in [1.165, 1.54) is 20.3 Å². The molecule has 0 bridgehead atoms. The monoisotopic (exact) mass is 496 g/mol. The molecule has 0 aliphatic carbocycles. The number of methoxy groups -OCH3 is 2. The molecule has 1 aromatic heterocycles. The first-order chi connectivity index (χ1) is 16.8. The Morgan fingerprint density at radius 2 is 1.66 bits per heavy atom. The number of esters is 2. The molecular formula is C25H24N2O7S. The van der Waals surface area contributed by atoms with Crippen molar-refractivity contribution >= 4 is 45.8 Å². The molecule has 0 radical (unpaired) electrons. The Hall–Kier alpha value is -4.18. The molecule has 1 heterocycles. The van der Waals surface area contributed by atoms with Crippen LogP contribution < -0.4 is 15.4 Å². The maximum absolute atomic E-state index is 13.1. The molecule has 3 rings (SSSR count). The van der Waals surface area contributed by atoms with Crippen LogP contribution in [0.2, 0.25) is 0 Å². The molecule has 0 fully saturated rings. The lowest BCUT2D eigenvalue weighted by Gasteiger charge is -2.09. The van der Waals surface area contributed by atoms with Gasteiger partial charge in [0.2, 0.25) is 0 Å². The van der Waals surface area contributed by atoms with Gasteiger partial charge in [0.1, 0.15) is 10.8 Å². The number of ether oxygens (including phenoxy) is 3. The van der Waals surface area contributed by atoms with E-state index in [2.05, 4.69) is 10.6 Å². The number of benzene rings is 2. The van der Waals surface area contributed by atoms with E-state index >= 15 is 0 Å². The molecule has 2 N–H and O–H groups in total. The fourth-order valence-electron chi connectivity index (χ4n) is 3.27. The maximum atomic E-state index is 13.1. The van der Waals surface area contributed by atoms with E-state index in [4.69, 9.17) is 14.2 Å². The Bertz CT molecular complexity index is 1280. The van der Waals surface area contributed by atoms with Gasteiger partial charge in [-0.15, -0.1) is 11.3 Å². The molecule has 0 aliphatic heterocycles. The third-order valence-corrected chi connectivity index (χ3v) is 6.18. The average molecular weight is 497 g/mol. The van der Waals surface area contributed by atoms with E-state index in [9.17, 15) is 19.2 Å². The predicted molar refractivity (Wildman–Crippen MR) is 132 cm³/mol. The highest BCUT2D eigenvalue weighted by Gasteiger charge is 2.27. The Balaban J connectivity index is 1.97. The molecule has 9 nitrogen and oxygen atoms in total. The Morgan fingerprint density at radius 1 is 0.914 bits per heavy atom. The topological polar surface area (TPSA) is 120 Å². The maximum Gasteiger partial charge on any atom is 0.341 e. The lowest BCUT2D eigenvalue weighted by atomic mass is 10.1. The molecule has 182 valence electrons. The summed E-state index contributed by atoms with van der Waals surface area (Å²) in [5.74, 6) is -1.83. The van der Waals surface area contributed by atoms with Crippen molar-refractivity contribution in [2.75, 3.05) is 31.5 Å². The molecule has 0 saturated heterocycles. The molecule has 3 aromatic rings.